The van der Waals surface area contributed by atoms with Gasteiger partial charge in [0.25, 0.3) is 11.8 Å². The number of nitrogens with zero attached hydrogens (tertiary/aromatic N) is 3. The highest BCUT2D eigenvalue weighted by atomic mass is 16.5. The molecule has 3 rings (SSSR count). The number of carbonyl (C=O) groups is 5. The number of amides is 4. The van der Waals surface area contributed by atoms with Crippen LogP contribution in [0.3, 0.4) is 0 Å². The molecule has 0 N–H and O–H groups in total. The van der Waals surface area contributed by atoms with Crippen molar-refractivity contribution in [1.29, 1.82) is 0 Å². The van der Waals surface area contributed by atoms with Crippen molar-refractivity contribution >= 4 is 29.6 Å². The Morgan fingerprint density at radius 3 is 2.41 bits per heavy atom. The molecule has 1 aromatic carbocycles. The third-order valence-corrected chi connectivity index (χ3v) is 5.84. The number of carbonyl (C=O) groups excluding carboxylic acids is 5. The number of esters is 1. The summed E-state index contributed by atoms with van der Waals surface area (Å²) in [7, 11) is 1.55. The second-order valence-electron chi connectivity index (χ2n) is 8.09. The fourth-order valence-corrected chi connectivity index (χ4v) is 4.07. The van der Waals surface area contributed by atoms with E-state index in [0.29, 0.717) is 50.1 Å². The first-order chi connectivity index (χ1) is 15.3. The summed E-state index contributed by atoms with van der Waals surface area (Å²) in [6.45, 7) is 2.98. The average Bonchev–Trinajstić information content (AvgIpc) is 3.04. The predicted molar refractivity (Wildman–Crippen MR) is 115 cm³/mol. The van der Waals surface area contributed by atoms with Crippen molar-refractivity contribution in [2.75, 3.05) is 39.8 Å². The quantitative estimate of drug-likeness (QED) is 0.443. The molecule has 0 radical (unpaired) electrons. The van der Waals surface area contributed by atoms with E-state index in [4.69, 9.17) is 4.74 Å². The fraction of sp³-hybridized carbons (Fsp3) is 0.522. The van der Waals surface area contributed by atoms with Crippen LogP contribution in [0.5, 0.6) is 0 Å². The molecule has 0 aliphatic carbocycles. The summed E-state index contributed by atoms with van der Waals surface area (Å²) < 4.78 is 5.06. The van der Waals surface area contributed by atoms with Gasteiger partial charge in [-0.05, 0) is 38.3 Å². The number of likely N-dealkylation sites (tertiary alicyclic amines) is 1. The highest BCUT2D eigenvalue weighted by Crippen LogP contribution is 2.23. The largest absolute Gasteiger partial charge is 0.466 e. The lowest BCUT2D eigenvalue weighted by atomic mass is 9.98. The van der Waals surface area contributed by atoms with Gasteiger partial charge in [-0.1, -0.05) is 12.1 Å². The topological polar surface area (TPSA) is 104 Å². The van der Waals surface area contributed by atoms with E-state index in [-0.39, 0.29) is 55.0 Å². The molecular weight excluding hydrogens is 414 g/mol. The molecular formula is C23H29N3O6. The van der Waals surface area contributed by atoms with Gasteiger partial charge in [0.1, 0.15) is 0 Å². The Morgan fingerprint density at radius 1 is 1.12 bits per heavy atom. The molecule has 0 aromatic heterocycles. The van der Waals surface area contributed by atoms with Crippen molar-refractivity contribution in [3.63, 3.8) is 0 Å². The highest BCUT2D eigenvalue weighted by molar-refractivity contribution is 6.21. The van der Waals surface area contributed by atoms with Crippen molar-refractivity contribution in [2.24, 2.45) is 5.92 Å². The van der Waals surface area contributed by atoms with E-state index in [2.05, 4.69) is 0 Å². The van der Waals surface area contributed by atoms with Gasteiger partial charge >= 0.3 is 5.97 Å². The lowest BCUT2D eigenvalue weighted by molar-refractivity contribution is -0.152. The zero-order valence-corrected chi connectivity index (χ0v) is 18.5. The second kappa shape index (κ2) is 10.4. The van der Waals surface area contributed by atoms with Crippen LogP contribution in [0.2, 0.25) is 0 Å². The van der Waals surface area contributed by atoms with E-state index >= 15 is 0 Å². The molecule has 0 saturated carbocycles. The van der Waals surface area contributed by atoms with Gasteiger partial charge in [-0.25, -0.2) is 0 Å². The lowest BCUT2D eigenvalue weighted by Gasteiger charge is -2.32. The molecule has 9 nitrogen and oxygen atoms in total. The molecule has 1 atom stereocenters. The van der Waals surface area contributed by atoms with E-state index in [1.165, 1.54) is 4.90 Å². The third kappa shape index (κ3) is 5.15. The Morgan fingerprint density at radius 2 is 1.78 bits per heavy atom. The molecule has 32 heavy (non-hydrogen) atoms. The van der Waals surface area contributed by atoms with Gasteiger partial charge in [-0.3, -0.25) is 28.9 Å². The van der Waals surface area contributed by atoms with Crippen molar-refractivity contribution in [1.82, 2.24) is 14.7 Å². The molecule has 2 aliphatic heterocycles. The molecule has 172 valence electrons. The lowest BCUT2D eigenvalue weighted by Crippen LogP contribution is -2.47. The summed E-state index contributed by atoms with van der Waals surface area (Å²) in [5.41, 5.74) is 0.767. The molecule has 0 spiro atoms. The molecule has 2 aliphatic rings. The van der Waals surface area contributed by atoms with Gasteiger partial charge in [-0.15, -0.1) is 0 Å². The normalized spacial score (nSPS) is 17.9. The van der Waals surface area contributed by atoms with Gasteiger partial charge in [0.2, 0.25) is 11.8 Å². The minimum absolute atomic E-state index is 0.0819. The van der Waals surface area contributed by atoms with E-state index < -0.39 is 0 Å². The van der Waals surface area contributed by atoms with Crippen LogP contribution in [-0.4, -0.2) is 84.1 Å². The summed E-state index contributed by atoms with van der Waals surface area (Å²) in [4.78, 5) is 65.9. The second-order valence-corrected chi connectivity index (χ2v) is 8.09. The average molecular weight is 444 g/mol. The van der Waals surface area contributed by atoms with Crippen LogP contribution < -0.4 is 0 Å². The van der Waals surface area contributed by atoms with Crippen molar-refractivity contribution in [3.8, 4) is 0 Å². The number of fused-ring (bicyclic) bond motifs is 1. The first kappa shape index (κ1) is 23.4. The molecule has 1 unspecified atom stereocenters. The number of imide groups is 1. The minimum atomic E-state index is -0.345. The summed E-state index contributed by atoms with van der Waals surface area (Å²) in [5, 5.41) is 0. The molecule has 1 aromatic rings. The maximum absolute atomic E-state index is 12.6. The van der Waals surface area contributed by atoms with E-state index in [1.807, 2.05) is 0 Å². The Bertz CT molecular complexity index is 880. The molecule has 9 heteroatoms. The number of piperidine rings is 1. The van der Waals surface area contributed by atoms with Gasteiger partial charge in [-0.2, -0.15) is 0 Å². The number of hydrogen-bond donors (Lipinski definition) is 0. The van der Waals surface area contributed by atoms with Crippen molar-refractivity contribution in [3.05, 3.63) is 35.4 Å². The fourth-order valence-electron chi connectivity index (χ4n) is 4.07. The summed E-state index contributed by atoms with van der Waals surface area (Å²) in [6, 6.07) is 6.65. The Balaban J connectivity index is 1.44. The van der Waals surface area contributed by atoms with Crippen LogP contribution in [0, 0.1) is 5.92 Å². The molecule has 0 bridgehead atoms. The number of ether oxygens (including phenoxy) is 1. The van der Waals surface area contributed by atoms with Gasteiger partial charge in [0.05, 0.1) is 30.2 Å². The molecule has 1 saturated heterocycles. The zero-order valence-electron chi connectivity index (χ0n) is 18.5. The van der Waals surface area contributed by atoms with Crippen LogP contribution in [0.15, 0.2) is 24.3 Å². The zero-order chi connectivity index (χ0) is 23.3. The predicted octanol–water partition coefficient (Wildman–Crippen LogP) is 1.32. The SMILES string of the molecule is CCOC(=O)C1CCCN(C(=O)CN(C)C(=O)CCCN2C(=O)c3ccccc3C2=O)C1. The first-order valence-electron chi connectivity index (χ1n) is 11.0. The van der Waals surface area contributed by atoms with Crippen LogP contribution in [0.25, 0.3) is 0 Å². The Labute approximate surface area is 187 Å². The van der Waals surface area contributed by atoms with Crippen molar-refractivity contribution < 1.29 is 28.7 Å². The molecule has 4 amide bonds. The number of benzene rings is 1. The van der Waals surface area contributed by atoms with Gasteiger partial charge in [0, 0.05) is 33.1 Å². The van der Waals surface area contributed by atoms with Crippen LogP contribution in [0.1, 0.15) is 53.3 Å². The maximum atomic E-state index is 12.6. The minimum Gasteiger partial charge on any atom is -0.466 e. The van der Waals surface area contributed by atoms with Gasteiger partial charge in [0.15, 0.2) is 0 Å². The van der Waals surface area contributed by atoms with E-state index in [1.54, 1.807) is 43.1 Å². The first-order valence-corrected chi connectivity index (χ1v) is 11.0. The van der Waals surface area contributed by atoms with Crippen LogP contribution in [-0.2, 0) is 19.1 Å². The number of likely N-dealkylation sites (N-methyl/N-ethyl adjacent to an activating group) is 1. The number of rotatable bonds is 8. The standard InChI is InChI=1S/C23H29N3O6/c1-3-32-23(31)16-8-6-12-25(14-16)20(28)15-24(2)19(27)11-7-13-26-21(29)17-9-4-5-10-18(17)22(26)30/h4-5,9-10,16H,3,6-8,11-15H2,1-2H3. The molecule has 1 fully saturated rings. The van der Waals surface area contributed by atoms with E-state index in [9.17, 15) is 24.0 Å². The Kier molecular flexibility index (Phi) is 7.61. The van der Waals surface area contributed by atoms with Crippen LogP contribution >= 0.6 is 0 Å². The smallest absolute Gasteiger partial charge is 0.310 e. The third-order valence-electron chi connectivity index (χ3n) is 5.84. The molecule has 2 heterocycles. The monoisotopic (exact) mass is 443 g/mol. The highest BCUT2D eigenvalue weighted by Gasteiger charge is 2.35. The van der Waals surface area contributed by atoms with Crippen LogP contribution in [0.4, 0.5) is 0 Å². The maximum Gasteiger partial charge on any atom is 0.310 e. The van der Waals surface area contributed by atoms with Gasteiger partial charge < -0.3 is 14.5 Å². The van der Waals surface area contributed by atoms with E-state index in [0.717, 1.165) is 4.90 Å². The number of hydrogen-bond acceptors (Lipinski definition) is 6. The van der Waals surface area contributed by atoms with Crippen molar-refractivity contribution in [2.45, 2.75) is 32.6 Å². The summed E-state index contributed by atoms with van der Waals surface area (Å²) >= 11 is 0. The summed E-state index contributed by atoms with van der Waals surface area (Å²) in [6.07, 6.45) is 1.84. The Hall–Kier alpha value is -3.23. The summed E-state index contributed by atoms with van der Waals surface area (Å²) in [5.74, 6) is -1.76.